The van der Waals surface area contributed by atoms with E-state index in [9.17, 15) is 9.59 Å². The van der Waals surface area contributed by atoms with Gasteiger partial charge in [0.15, 0.2) is 11.4 Å². The third-order valence-electron chi connectivity index (χ3n) is 4.81. The maximum Gasteiger partial charge on any atom is 0.302 e. The van der Waals surface area contributed by atoms with Gasteiger partial charge in [-0.2, -0.15) is 0 Å². The average molecular weight is 361 g/mol. The van der Waals surface area contributed by atoms with E-state index in [2.05, 4.69) is 20.8 Å². The molecule has 0 aromatic rings. The summed E-state index contributed by atoms with van der Waals surface area (Å²) in [5.74, 6) is 1.67. The first-order valence-corrected chi connectivity index (χ1v) is 9.85. The number of hydrogen-bond donors (Lipinski definition) is 0. The summed E-state index contributed by atoms with van der Waals surface area (Å²) in [4.78, 5) is 21.9. The molecule has 0 aromatic heterocycles. The number of carbonyl (C=O) groups excluding carboxylic acids is 2. The Morgan fingerprint density at radius 3 is 2.33 bits per heavy atom. The number of rotatable bonds is 9. The van der Waals surface area contributed by atoms with E-state index in [1.807, 2.05) is 0 Å². The van der Waals surface area contributed by atoms with Gasteiger partial charge in [0, 0.05) is 32.1 Å². The van der Waals surface area contributed by atoms with Crippen LogP contribution in [0.2, 0.25) is 0 Å². The van der Waals surface area contributed by atoms with Crippen LogP contribution in [0, 0.1) is 17.8 Å². The molecular formula is C18H32O5S. The Bertz CT molecular complexity index is 401. The number of carbonyl (C=O) groups is 2. The maximum atomic E-state index is 11.0. The van der Waals surface area contributed by atoms with Crippen molar-refractivity contribution in [3.63, 3.8) is 0 Å². The van der Waals surface area contributed by atoms with Crippen LogP contribution in [0.3, 0.4) is 0 Å². The quantitative estimate of drug-likeness (QED) is 0.462. The van der Waals surface area contributed by atoms with E-state index in [0.29, 0.717) is 24.4 Å². The lowest BCUT2D eigenvalue weighted by Gasteiger charge is -2.43. The largest absolute Gasteiger partial charge is 0.463 e. The predicted octanol–water partition coefficient (Wildman–Crippen LogP) is 3.65. The van der Waals surface area contributed by atoms with E-state index in [1.54, 1.807) is 6.92 Å². The Morgan fingerprint density at radius 1 is 1.00 bits per heavy atom. The molecule has 0 spiro atoms. The normalized spacial score (nSPS) is 30.1. The van der Waals surface area contributed by atoms with Gasteiger partial charge in [-0.25, -0.2) is 0 Å². The zero-order valence-corrected chi connectivity index (χ0v) is 16.4. The fourth-order valence-electron chi connectivity index (χ4n) is 2.86. The molecule has 0 bridgehead atoms. The molecule has 0 aromatic carbocycles. The molecule has 5 atom stereocenters. The molecule has 1 fully saturated rings. The summed E-state index contributed by atoms with van der Waals surface area (Å²) in [6.07, 6.45) is 2.67. The first-order valence-electron chi connectivity index (χ1n) is 8.86. The second kappa shape index (κ2) is 11.1. The number of hydrogen-bond acceptors (Lipinski definition) is 6. The number of ether oxygens (including phenoxy) is 3. The second-order valence-corrected chi connectivity index (χ2v) is 7.97. The molecule has 24 heavy (non-hydrogen) atoms. The van der Waals surface area contributed by atoms with Crippen molar-refractivity contribution in [3.05, 3.63) is 0 Å². The van der Waals surface area contributed by atoms with Crippen LogP contribution in [0.15, 0.2) is 0 Å². The minimum Gasteiger partial charge on any atom is -0.463 e. The molecule has 0 aliphatic carbocycles. The standard InChI is InChI=1S/C18H32O5S/c1-12-13(2)17(11-22-15(4)19)23-18(14(12)3)21-9-7-6-8-10-24-16(5)20/h12-14,17-18H,6-11H2,1-5H3/t12-,13+,14?,17?,18+/m0/s1. The van der Waals surface area contributed by atoms with Crippen molar-refractivity contribution in [2.24, 2.45) is 17.8 Å². The van der Waals surface area contributed by atoms with E-state index in [1.165, 1.54) is 18.7 Å². The summed E-state index contributed by atoms with van der Waals surface area (Å²) in [7, 11) is 0. The predicted molar refractivity (Wildman–Crippen MR) is 95.7 cm³/mol. The Balaban J connectivity index is 2.31. The van der Waals surface area contributed by atoms with Gasteiger partial charge in [-0.1, -0.05) is 39.0 Å². The lowest BCUT2D eigenvalue weighted by atomic mass is 9.79. The molecule has 1 aliphatic rings. The van der Waals surface area contributed by atoms with Gasteiger partial charge in [-0.05, 0) is 24.7 Å². The van der Waals surface area contributed by atoms with Crippen molar-refractivity contribution < 1.29 is 23.8 Å². The van der Waals surface area contributed by atoms with E-state index in [-0.39, 0.29) is 30.1 Å². The van der Waals surface area contributed by atoms with E-state index in [4.69, 9.17) is 14.2 Å². The Kier molecular flexibility index (Phi) is 9.93. The molecule has 0 N–H and O–H groups in total. The molecule has 140 valence electrons. The molecule has 5 nitrogen and oxygen atoms in total. The Morgan fingerprint density at radius 2 is 1.71 bits per heavy atom. The van der Waals surface area contributed by atoms with Crippen LogP contribution in [-0.2, 0) is 23.8 Å². The molecule has 2 unspecified atom stereocenters. The molecule has 1 aliphatic heterocycles. The molecule has 1 saturated heterocycles. The van der Waals surface area contributed by atoms with Gasteiger partial charge in [0.25, 0.3) is 0 Å². The highest BCUT2D eigenvalue weighted by atomic mass is 32.2. The highest BCUT2D eigenvalue weighted by molar-refractivity contribution is 8.13. The van der Waals surface area contributed by atoms with Crippen LogP contribution in [0.5, 0.6) is 0 Å². The van der Waals surface area contributed by atoms with E-state index >= 15 is 0 Å². The third kappa shape index (κ3) is 7.53. The smallest absolute Gasteiger partial charge is 0.302 e. The van der Waals surface area contributed by atoms with E-state index in [0.717, 1.165) is 25.0 Å². The summed E-state index contributed by atoms with van der Waals surface area (Å²) in [5, 5.41) is 0.178. The van der Waals surface area contributed by atoms with Gasteiger partial charge >= 0.3 is 5.97 Å². The molecule has 0 amide bonds. The minimum atomic E-state index is -0.280. The molecular weight excluding hydrogens is 328 g/mol. The SMILES string of the molecule is CC(=O)OCC1O[C@@H](OCCCCCSC(C)=O)C(C)[C@@H](C)[C@H]1C. The van der Waals surface area contributed by atoms with Crippen LogP contribution in [0.25, 0.3) is 0 Å². The first kappa shape index (κ1) is 21.5. The van der Waals surface area contributed by atoms with Gasteiger partial charge < -0.3 is 14.2 Å². The summed E-state index contributed by atoms with van der Waals surface area (Å²) in [6.45, 7) is 10.4. The summed E-state index contributed by atoms with van der Waals surface area (Å²) >= 11 is 1.38. The van der Waals surface area contributed by atoms with Crippen LogP contribution >= 0.6 is 11.8 Å². The van der Waals surface area contributed by atoms with Gasteiger partial charge in [-0.3, -0.25) is 9.59 Å². The fourth-order valence-corrected chi connectivity index (χ4v) is 3.50. The molecule has 1 heterocycles. The van der Waals surface area contributed by atoms with Crippen LogP contribution in [-0.4, -0.2) is 42.4 Å². The highest BCUT2D eigenvalue weighted by Gasteiger charge is 2.39. The van der Waals surface area contributed by atoms with Crippen LogP contribution in [0.1, 0.15) is 53.9 Å². The fraction of sp³-hybridized carbons (Fsp3) is 0.889. The zero-order valence-electron chi connectivity index (χ0n) is 15.6. The molecule has 6 heteroatoms. The second-order valence-electron chi connectivity index (χ2n) is 6.69. The zero-order chi connectivity index (χ0) is 18.1. The minimum absolute atomic E-state index is 0.114. The lowest BCUT2D eigenvalue weighted by Crippen LogP contribution is -2.47. The Hall–Kier alpha value is -0.590. The van der Waals surface area contributed by atoms with Crippen molar-refractivity contribution in [1.29, 1.82) is 0 Å². The van der Waals surface area contributed by atoms with Gasteiger partial charge in [-0.15, -0.1) is 0 Å². The molecule has 1 rings (SSSR count). The topological polar surface area (TPSA) is 61.8 Å². The summed E-state index contributed by atoms with van der Waals surface area (Å²) < 4.78 is 17.1. The van der Waals surface area contributed by atoms with Crippen LogP contribution in [0.4, 0.5) is 0 Å². The van der Waals surface area contributed by atoms with Crippen LogP contribution < -0.4 is 0 Å². The first-order chi connectivity index (χ1) is 11.3. The number of unbranched alkanes of at least 4 members (excludes halogenated alkanes) is 2. The van der Waals surface area contributed by atoms with Crippen molar-refractivity contribution in [1.82, 2.24) is 0 Å². The number of esters is 1. The van der Waals surface area contributed by atoms with E-state index < -0.39 is 0 Å². The van der Waals surface area contributed by atoms with Gasteiger partial charge in [0.1, 0.15) is 6.61 Å². The van der Waals surface area contributed by atoms with Gasteiger partial charge in [0.2, 0.25) is 0 Å². The maximum absolute atomic E-state index is 11.0. The van der Waals surface area contributed by atoms with Gasteiger partial charge in [0.05, 0.1) is 6.10 Å². The molecule has 0 saturated carbocycles. The lowest BCUT2D eigenvalue weighted by molar-refractivity contribution is -0.255. The Labute approximate surface area is 150 Å². The summed E-state index contributed by atoms with van der Waals surface area (Å²) in [5.41, 5.74) is 0. The summed E-state index contributed by atoms with van der Waals surface area (Å²) in [6, 6.07) is 0. The van der Waals surface area contributed by atoms with Crippen molar-refractivity contribution in [2.75, 3.05) is 19.0 Å². The number of thioether (sulfide) groups is 1. The van der Waals surface area contributed by atoms with Crippen molar-refractivity contribution in [3.8, 4) is 0 Å². The molecule has 0 radical (unpaired) electrons. The third-order valence-corrected chi connectivity index (χ3v) is 5.71. The van der Waals surface area contributed by atoms with Crippen molar-refractivity contribution >= 4 is 22.8 Å². The average Bonchev–Trinajstić information content (AvgIpc) is 2.52. The van der Waals surface area contributed by atoms with Crippen molar-refractivity contribution in [2.45, 2.75) is 66.3 Å². The highest BCUT2D eigenvalue weighted by Crippen LogP contribution is 2.35. The monoisotopic (exact) mass is 360 g/mol.